The fourth-order valence-electron chi connectivity index (χ4n) is 2.92. The van der Waals surface area contributed by atoms with Crippen LogP contribution in [0.15, 0.2) is 61.2 Å². The summed E-state index contributed by atoms with van der Waals surface area (Å²) in [5.41, 5.74) is -1.51. The van der Waals surface area contributed by atoms with Crippen LogP contribution in [0.4, 0.5) is 26.3 Å². The molecule has 0 saturated carbocycles. The van der Waals surface area contributed by atoms with Gasteiger partial charge in [0, 0.05) is 17.3 Å². The Morgan fingerprint density at radius 3 is 2.21 bits per heavy atom. The largest absolute Gasteiger partial charge is 0.418 e. The van der Waals surface area contributed by atoms with Gasteiger partial charge in [-0.05, 0) is 30.3 Å². The number of fused-ring (bicyclic) bond motifs is 1. The number of hydrogen-bond donors (Lipinski definition) is 0. The summed E-state index contributed by atoms with van der Waals surface area (Å²) in [7, 11) is 0. The SMILES string of the molecule is FC(F)(F)c1ccc(-c2nn3cncc3cc2-c2ncccc2C(F)(F)F)cc1. The topological polar surface area (TPSA) is 43.1 Å². The van der Waals surface area contributed by atoms with E-state index in [2.05, 4.69) is 15.1 Å². The van der Waals surface area contributed by atoms with E-state index in [1.807, 2.05) is 0 Å². The minimum absolute atomic E-state index is 0.0330. The number of alkyl halides is 6. The normalized spacial score (nSPS) is 12.5. The maximum absolute atomic E-state index is 13.5. The number of rotatable bonds is 2. The highest BCUT2D eigenvalue weighted by Crippen LogP contribution is 2.39. The van der Waals surface area contributed by atoms with Crippen LogP contribution >= 0.6 is 0 Å². The summed E-state index contributed by atoms with van der Waals surface area (Å²) in [4.78, 5) is 7.78. The van der Waals surface area contributed by atoms with Gasteiger partial charge < -0.3 is 0 Å². The van der Waals surface area contributed by atoms with Crippen LogP contribution in [0, 0.1) is 0 Å². The Kier molecular flexibility index (Phi) is 4.29. The van der Waals surface area contributed by atoms with Gasteiger partial charge in [0.15, 0.2) is 0 Å². The third-order valence-corrected chi connectivity index (χ3v) is 4.26. The highest BCUT2D eigenvalue weighted by Gasteiger charge is 2.35. The lowest BCUT2D eigenvalue weighted by Gasteiger charge is -2.15. The maximum atomic E-state index is 13.5. The summed E-state index contributed by atoms with van der Waals surface area (Å²) in [5, 5.41) is 4.26. The molecule has 1 aromatic carbocycles. The maximum Gasteiger partial charge on any atom is 0.418 e. The lowest BCUT2D eigenvalue weighted by molar-refractivity contribution is -0.138. The van der Waals surface area contributed by atoms with E-state index in [-0.39, 0.29) is 22.5 Å². The van der Waals surface area contributed by atoms with Crippen molar-refractivity contribution in [1.82, 2.24) is 19.6 Å². The number of imidazole rings is 1. The minimum Gasteiger partial charge on any atom is -0.256 e. The highest BCUT2D eigenvalue weighted by molar-refractivity contribution is 5.82. The predicted molar refractivity (Wildman–Crippen MR) is 91.7 cm³/mol. The molecule has 0 radical (unpaired) electrons. The number of aromatic nitrogens is 4. The monoisotopic (exact) mass is 408 g/mol. The fourth-order valence-corrected chi connectivity index (χ4v) is 2.92. The van der Waals surface area contributed by atoms with Crippen molar-refractivity contribution in [3.63, 3.8) is 0 Å². The Hall–Kier alpha value is -3.43. The minimum atomic E-state index is -4.67. The van der Waals surface area contributed by atoms with Crippen LogP contribution in [-0.4, -0.2) is 19.6 Å². The van der Waals surface area contributed by atoms with Gasteiger partial charge in [0.05, 0.1) is 28.5 Å². The van der Waals surface area contributed by atoms with Gasteiger partial charge in [0.1, 0.15) is 12.0 Å². The average Bonchev–Trinajstić information content (AvgIpc) is 3.13. The highest BCUT2D eigenvalue weighted by atomic mass is 19.4. The lowest BCUT2D eigenvalue weighted by atomic mass is 9.99. The molecule has 29 heavy (non-hydrogen) atoms. The molecule has 0 aliphatic rings. The molecule has 0 atom stereocenters. The van der Waals surface area contributed by atoms with Crippen molar-refractivity contribution in [2.24, 2.45) is 0 Å². The third-order valence-electron chi connectivity index (χ3n) is 4.26. The number of pyridine rings is 1. The summed E-state index contributed by atoms with van der Waals surface area (Å²) in [6.07, 6.45) is -5.25. The van der Waals surface area contributed by atoms with Crippen LogP contribution in [0.1, 0.15) is 11.1 Å². The Bertz CT molecular complexity index is 1180. The van der Waals surface area contributed by atoms with Crippen LogP contribution in [0.25, 0.3) is 28.0 Å². The van der Waals surface area contributed by atoms with Crippen molar-refractivity contribution in [2.75, 3.05) is 0 Å². The van der Waals surface area contributed by atoms with Gasteiger partial charge in [-0.15, -0.1) is 0 Å². The Balaban J connectivity index is 1.97. The molecule has 0 amide bonds. The zero-order valence-electron chi connectivity index (χ0n) is 14.3. The number of hydrogen-bond acceptors (Lipinski definition) is 3. The Morgan fingerprint density at radius 2 is 1.55 bits per heavy atom. The second kappa shape index (κ2) is 6.57. The van der Waals surface area contributed by atoms with Gasteiger partial charge in [-0.1, -0.05) is 12.1 Å². The van der Waals surface area contributed by atoms with Crippen molar-refractivity contribution >= 4 is 5.52 Å². The van der Waals surface area contributed by atoms with E-state index in [0.29, 0.717) is 5.52 Å². The van der Waals surface area contributed by atoms with Crippen molar-refractivity contribution in [2.45, 2.75) is 12.4 Å². The van der Waals surface area contributed by atoms with Crippen molar-refractivity contribution < 1.29 is 26.3 Å². The zero-order chi connectivity index (χ0) is 20.8. The first-order valence-corrected chi connectivity index (χ1v) is 8.18. The number of nitrogens with zero attached hydrogens (tertiary/aromatic N) is 4. The van der Waals surface area contributed by atoms with E-state index in [1.165, 1.54) is 29.3 Å². The summed E-state index contributed by atoms with van der Waals surface area (Å²) >= 11 is 0. The first kappa shape index (κ1) is 18.9. The molecule has 0 aliphatic heterocycles. The smallest absolute Gasteiger partial charge is 0.256 e. The molecule has 0 fully saturated rings. The molecular weight excluding hydrogens is 398 g/mol. The zero-order valence-corrected chi connectivity index (χ0v) is 14.3. The van der Waals surface area contributed by atoms with E-state index in [0.717, 1.165) is 36.4 Å². The molecule has 4 nitrogen and oxygen atoms in total. The van der Waals surface area contributed by atoms with Gasteiger partial charge in [-0.3, -0.25) is 4.98 Å². The van der Waals surface area contributed by atoms with E-state index in [4.69, 9.17) is 0 Å². The molecule has 0 spiro atoms. The van der Waals surface area contributed by atoms with Gasteiger partial charge in [0.25, 0.3) is 0 Å². The van der Waals surface area contributed by atoms with Crippen molar-refractivity contribution in [1.29, 1.82) is 0 Å². The molecule has 4 aromatic rings. The molecular formula is C19H10F6N4. The van der Waals surface area contributed by atoms with E-state index >= 15 is 0 Å². The van der Waals surface area contributed by atoms with Crippen LogP contribution < -0.4 is 0 Å². The fraction of sp³-hybridized carbons (Fsp3) is 0.105. The van der Waals surface area contributed by atoms with Crippen LogP contribution in [0.2, 0.25) is 0 Å². The second-order valence-corrected chi connectivity index (χ2v) is 6.14. The molecule has 0 aliphatic carbocycles. The predicted octanol–water partition coefficient (Wildman–Crippen LogP) is 5.50. The van der Waals surface area contributed by atoms with E-state index in [1.54, 1.807) is 0 Å². The first-order valence-electron chi connectivity index (χ1n) is 8.18. The summed E-state index contributed by atoms with van der Waals surface area (Å²) in [6, 6.07) is 7.49. The summed E-state index contributed by atoms with van der Waals surface area (Å²) < 4.78 is 80.4. The van der Waals surface area contributed by atoms with E-state index < -0.39 is 23.5 Å². The molecule has 0 unspecified atom stereocenters. The molecule has 4 rings (SSSR count). The van der Waals surface area contributed by atoms with Crippen molar-refractivity contribution in [3.05, 3.63) is 72.3 Å². The Labute approximate surface area is 159 Å². The Morgan fingerprint density at radius 1 is 0.828 bits per heavy atom. The average molecular weight is 408 g/mol. The lowest BCUT2D eigenvalue weighted by Crippen LogP contribution is -2.09. The number of halogens is 6. The van der Waals surface area contributed by atoms with Crippen LogP contribution in [0.5, 0.6) is 0 Å². The standard InChI is InChI=1S/C19H10F6N4/c20-18(21,22)12-5-3-11(4-6-12)16-14(8-13-9-26-10-29(13)28-16)17-15(19(23,24)25)2-1-7-27-17/h1-10H. The van der Waals surface area contributed by atoms with Gasteiger partial charge >= 0.3 is 12.4 Å². The van der Waals surface area contributed by atoms with Gasteiger partial charge in [-0.2, -0.15) is 31.4 Å². The quantitative estimate of drug-likeness (QED) is 0.412. The summed E-state index contributed by atoms with van der Waals surface area (Å²) in [5.74, 6) is 0. The number of benzene rings is 1. The first-order chi connectivity index (χ1) is 13.6. The van der Waals surface area contributed by atoms with Gasteiger partial charge in [-0.25, -0.2) is 9.50 Å². The van der Waals surface area contributed by atoms with Crippen LogP contribution in [-0.2, 0) is 12.4 Å². The van der Waals surface area contributed by atoms with Crippen LogP contribution in [0.3, 0.4) is 0 Å². The third kappa shape index (κ3) is 3.53. The summed E-state index contributed by atoms with van der Waals surface area (Å²) in [6.45, 7) is 0. The molecule has 10 heteroatoms. The molecule has 0 bridgehead atoms. The molecule has 0 saturated heterocycles. The second-order valence-electron chi connectivity index (χ2n) is 6.14. The molecule has 3 heterocycles. The molecule has 3 aromatic heterocycles. The van der Waals surface area contributed by atoms with Crippen molar-refractivity contribution in [3.8, 4) is 22.5 Å². The van der Waals surface area contributed by atoms with Gasteiger partial charge in [0.2, 0.25) is 0 Å². The molecule has 0 N–H and O–H groups in total. The van der Waals surface area contributed by atoms with E-state index in [9.17, 15) is 26.3 Å². The molecule has 148 valence electrons.